The lowest BCUT2D eigenvalue weighted by Gasteiger charge is -2.07. The van der Waals surface area contributed by atoms with Crippen LogP contribution in [0.1, 0.15) is 36.5 Å². The average molecular weight is 308 g/mol. The molecule has 3 nitrogen and oxygen atoms in total. The van der Waals surface area contributed by atoms with Crippen molar-refractivity contribution in [2.24, 2.45) is 0 Å². The highest BCUT2D eigenvalue weighted by Gasteiger charge is 2.08. The van der Waals surface area contributed by atoms with Crippen LogP contribution < -0.4 is 10.1 Å². The van der Waals surface area contributed by atoms with E-state index in [9.17, 15) is 0 Å². The lowest BCUT2D eigenvalue weighted by atomic mass is 10.1. The van der Waals surface area contributed by atoms with Crippen LogP contribution in [0.3, 0.4) is 0 Å². The van der Waals surface area contributed by atoms with Crippen LogP contribution >= 0.6 is 11.6 Å². The third-order valence-electron chi connectivity index (χ3n) is 3.42. The number of halogens is 1. The minimum absolute atomic E-state index is 0.428. The highest BCUT2D eigenvalue weighted by molar-refractivity contribution is 6.31. The summed E-state index contributed by atoms with van der Waals surface area (Å²) in [5.74, 6) is 2.60. The molecule has 0 bridgehead atoms. The van der Waals surface area contributed by atoms with Crippen molar-refractivity contribution in [3.8, 4) is 5.75 Å². The smallest absolute Gasteiger partial charge is 0.146 e. The van der Waals surface area contributed by atoms with Gasteiger partial charge in [0.25, 0.3) is 0 Å². The molecule has 0 aliphatic heterocycles. The number of nitrogens with one attached hydrogen (secondary N) is 1. The molecule has 0 fully saturated rings. The van der Waals surface area contributed by atoms with Gasteiger partial charge in [0.15, 0.2) is 0 Å². The standard InChI is InChI=1S/C17H22ClNO2/c1-4-13-8-15(6-7-17(13)18)20-11-16-9-14(10-19-5-2)12(3)21-16/h6-9,19H,4-5,10-11H2,1-3H3. The van der Waals surface area contributed by atoms with Crippen LogP contribution in [0.5, 0.6) is 5.75 Å². The Kier molecular flexibility index (Phi) is 5.71. The van der Waals surface area contributed by atoms with Gasteiger partial charge in [-0.3, -0.25) is 0 Å². The Morgan fingerprint density at radius 2 is 2.00 bits per heavy atom. The molecule has 2 aromatic rings. The van der Waals surface area contributed by atoms with Crippen molar-refractivity contribution >= 4 is 11.6 Å². The molecular formula is C17H22ClNO2. The molecule has 4 heteroatoms. The van der Waals surface area contributed by atoms with E-state index in [-0.39, 0.29) is 0 Å². The largest absolute Gasteiger partial charge is 0.486 e. The van der Waals surface area contributed by atoms with Crippen molar-refractivity contribution in [1.82, 2.24) is 5.32 Å². The molecule has 0 unspecified atom stereocenters. The molecule has 2 rings (SSSR count). The van der Waals surface area contributed by atoms with Gasteiger partial charge in [0, 0.05) is 17.1 Å². The van der Waals surface area contributed by atoms with Crippen molar-refractivity contribution < 1.29 is 9.15 Å². The molecule has 0 atom stereocenters. The first-order valence-electron chi connectivity index (χ1n) is 7.34. The first kappa shape index (κ1) is 15.9. The molecule has 1 aromatic carbocycles. The first-order valence-corrected chi connectivity index (χ1v) is 7.72. The second-order valence-corrected chi connectivity index (χ2v) is 5.38. The van der Waals surface area contributed by atoms with E-state index in [0.717, 1.165) is 47.4 Å². The zero-order valence-corrected chi connectivity index (χ0v) is 13.6. The summed E-state index contributed by atoms with van der Waals surface area (Å²) in [4.78, 5) is 0. The number of aryl methyl sites for hydroxylation is 2. The van der Waals surface area contributed by atoms with Crippen molar-refractivity contribution in [1.29, 1.82) is 0 Å². The average Bonchev–Trinajstić information content (AvgIpc) is 2.84. The molecule has 1 heterocycles. The lowest BCUT2D eigenvalue weighted by Crippen LogP contribution is -2.11. The number of hydrogen-bond acceptors (Lipinski definition) is 3. The number of ether oxygens (including phenoxy) is 1. The van der Waals surface area contributed by atoms with Crippen molar-refractivity contribution in [3.63, 3.8) is 0 Å². The van der Waals surface area contributed by atoms with Gasteiger partial charge in [0.2, 0.25) is 0 Å². The Hall–Kier alpha value is -1.45. The Balaban J connectivity index is 1.99. The van der Waals surface area contributed by atoms with E-state index in [0.29, 0.717) is 6.61 Å². The lowest BCUT2D eigenvalue weighted by molar-refractivity contribution is 0.267. The summed E-state index contributed by atoms with van der Waals surface area (Å²) < 4.78 is 11.5. The monoisotopic (exact) mass is 307 g/mol. The first-order chi connectivity index (χ1) is 10.1. The predicted octanol–water partition coefficient (Wildman–Crippen LogP) is 4.49. The topological polar surface area (TPSA) is 34.4 Å². The fraction of sp³-hybridized carbons (Fsp3) is 0.412. The third-order valence-corrected chi connectivity index (χ3v) is 3.78. The summed E-state index contributed by atoms with van der Waals surface area (Å²) >= 11 is 6.11. The van der Waals surface area contributed by atoms with Gasteiger partial charge in [-0.25, -0.2) is 0 Å². The maximum Gasteiger partial charge on any atom is 0.146 e. The summed E-state index contributed by atoms with van der Waals surface area (Å²) in [5, 5.41) is 4.08. The highest BCUT2D eigenvalue weighted by atomic mass is 35.5. The van der Waals surface area contributed by atoms with Gasteiger partial charge >= 0.3 is 0 Å². The van der Waals surface area contributed by atoms with E-state index in [1.165, 1.54) is 5.56 Å². The molecule has 1 N–H and O–H groups in total. The second kappa shape index (κ2) is 7.53. The molecule has 0 aliphatic rings. The van der Waals surface area contributed by atoms with Gasteiger partial charge in [0.1, 0.15) is 23.9 Å². The summed E-state index contributed by atoms with van der Waals surface area (Å²) in [7, 11) is 0. The maximum absolute atomic E-state index is 6.11. The second-order valence-electron chi connectivity index (χ2n) is 4.97. The zero-order chi connectivity index (χ0) is 15.2. The Bertz CT molecular complexity index is 592. The summed E-state index contributed by atoms with van der Waals surface area (Å²) in [5.41, 5.74) is 2.28. The van der Waals surface area contributed by atoms with Gasteiger partial charge in [-0.2, -0.15) is 0 Å². The fourth-order valence-electron chi connectivity index (χ4n) is 2.16. The van der Waals surface area contributed by atoms with Crippen molar-refractivity contribution in [2.75, 3.05) is 6.54 Å². The van der Waals surface area contributed by atoms with E-state index in [1.54, 1.807) is 0 Å². The molecule has 0 spiro atoms. The highest BCUT2D eigenvalue weighted by Crippen LogP contribution is 2.24. The minimum Gasteiger partial charge on any atom is -0.486 e. The fourth-order valence-corrected chi connectivity index (χ4v) is 2.41. The van der Waals surface area contributed by atoms with Crippen LogP contribution in [0.2, 0.25) is 5.02 Å². The molecule has 0 saturated heterocycles. The third kappa shape index (κ3) is 4.26. The van der Waals surface area contributed by atoms with Crippen LogP contribution in [0.25, 0.3) is 0 Å². The molecule has 0 amide bonds. The molecule has 0 radical (unpaired) electrons. The van der Waals surface area contributed by atoms with E-state index >= 15 is 0 Å². The van der Waals surface area contributed by atoms with Gasteiger partial charge in [-0.05, 0) is 49.7 Å². The van der Waals surface area contributed by atoms with E-state index in [1.807, 2.05) is 25.1 Å². The number of benzene rings is 1. The van der Waals surface area contributed by atoms with Gasteiger partial charge in [-0.15, -0.1) is 0 Å². The summed E-state index contributed by atoms with van der Waals surface area (Å²) in [6.07, 6.45) is 0.892. The molecule has 21 heavy (non-hydrogen) atoms. The van der Waals surface area contributed by atoms with Crippen molar-refractivity contribution in [2.45, 2.75) is 40.3 Å². The Morgan fingerprint density at radius 1 is 1.19 bits per heavy atom. The van der Waals surface area contributed by atoms with Crippen LogP contribution in [-0.4, -0.2) is 6.54 Å². The van der Waals surface area contributed by atoms with Gasteiger partial charge in [0.05, 0.1) is 0 Å². The van der Waals surface area contributed by atoms with Gasteiger partial charge < -0.3 is 14.5 Å². The summed E-state index contributed by atoms with van der Waals surface area (Å²) in [6, 6.07) is 7.79. The number of hydrogen-bond donors (Lipinski definition) is 1. The van der Waals surface area contributed by atoms with Crippen LogP contribution in [0.15, 0.2) is 28.7 Å². The predicted molar refractivity (Wildman–Crippen MR) is 86.0 cm³/mol. The number of rotatable bonds is 7. The van der Waals surface area contributed by atoms with E-state index < -0.39 is 0 Å². The van der Waals surface area contributed by atoms with Crippen LogP contribution in [0, 0.1) is 6.92 Å². The van der Waals surface area contributed by atoms with Crippen LogP contribution in [-0.2, 0) is 19.6 Å². The quantitative estimate of drug-likeness (QED) is 0.818. The molecule has 1 aromatic heterocycles. The van der Waals surface area contributed by atoms with Gasteiger partial charge in [-0.1, -0.05) is 25.4 Å². The molecule has 0 saturated carbocycles. The normalized spacial score (nSPS) is 10.9. The maximum atomic E-state index is 6.11. The Labute approximate surface area is 131 Å². The zero-order valence-electron chi connectivity index (χ0n) is 12.8. The molecular weight excluding hydrogens is 286 g/mol. The number of furan rings is 1. The Morgan fingerprint density at radius 3 is 2.71 bits per heavy atom. The molecule has 0 aliphatic carbocycles. The SMILES string of the molecule is CCNCc1cc(COc2ccc(Cl)c(CC)c2)oc1C. The summed E-state index contributed by atoms with van der Waals surface area (Å²) in [6.45, 7) is 8.35. The molecule has 114 valence electrons. The minimum atomic E-state index is 0.428. The van der Waals surface area contributed by atoms with E-state index in [2.05, 4.69) is 25.2 Å². The van der Waals surface area contributed by atoms with Crippen molar-refractivity contribution in [3.05, 3.63) is 51.9 Å². The van der Waals surface area contributed by atoms with E-state index in [4.69, 9.17) is 20.8 Å². The van der Waals surface area contributed by atoms with Crippen LogP contribution in [0.4, 0.5) is 0 Å².